The summed E-state index contributed by atoms with van der Waals surface area (Å²) >= 11 is 3.37. The van der Waals surface area contributed by atoms with Crippen molar-refractivity contribution >= 4 is 33.2 Å². The molecule has 0 radical (unpaired) electrons. The minimum absolute atomic E-state index is 0.262. The van der Waals surface area contributed by atoms with Gasteiger partial charge >= 0.3 is 0 Å². The average Bonchev–Trinajstić information content (AvgIpc) is 2.50. The Hall–Kier alpha value is -2.08. The molecule has 110 valence electrons. The molecule has 2 N–H and O–H groups in total. The lowest BCUT2D eigenvalue weighted by Crippen LogP contribution is -2.13. The molecule has 1 aromatic carbocycles. The van der Waals surface area contributed by atoms with Gasteiger partial charge in [-0.3, -0.25) is 4.79 Å². The van der Waals surface area contributed by atoms with E-state index < -0.39 is 0 Å². The molecular weight excluding hydrogens is 334 g/mol. The molecular formula is C15H16BrN3O2. The van der Waals surface area contributed by atoms with E-state index in [-0.39, 0.29) is 5.91 Å². The number of carbonyl (C=O) groups is 1. The van der Waals surface area contributed by atoms with Crippen LogP contribution in [0, 0.1) is 0 Å². The van der Waals surface area contributed by atoms with Crippen molar-refractivity contribution in [3.8, 4) is 5.75 Å². The van der Waals surface area contributed by atoms with Gasteiger partial charge in [-0.15, -0.1) is 0 Å². The van der Waals surface area contributed by atoms with E-state index in [1.165, 1.54) is 0 Å². The fourth-order valence-corrected chi connectivity index (χ4v) is 2.18. The van der Waals surface area contributed by atoms with Gasteiger partial charge in [0.2, 0.25) is 0 Å². The average molecular weight is 350 g/mol. The van der Waals surface area contributed by atoms with Crippen LogP contribution >= 0.6 is 15.9 Å². The van der Waals surface area contributed by atoms with Gasteiger partial charge in [-0.2, -0.15) is 0 Å². The highest BCUT2D eigenvalue weighted by Crippen LogP contribution is 2.28. The number of hydrogen-bond donors (Lipinski definition) is 2. The highest BCUT2D eigenvalue weighted by molar-refractivity contribution is 9.10. The molecule has 0 atom stereocenters. The summed E-state index contributed by atoms with van der Waals surface area (Å²) in [5.41, 5.74) is 1.90. The van der Waals surface area contributed by atoms with Crippen molar-refractivity contribution in [2.45, 2.75) is 6.92 Å². The Balaban J connectivity index is 2.10. The summed E-state index contributed by atoms with van der Waals surface area (Å²) < 4.78 is 6.02. The van der Waals surface area contributed by atoms with E-state index in [9.17, 15) is 4.79 Å². The molecule has 5 nitrogen and oxygen atoms in total. The SMILES string of the molecule is CCNc1ccc(C(=O)Nc2ccc(Br)c(OC)c2)nc1. The molecule has 6 heteroatoms. The zero-order valence-corrected chi connectivity index (χ0v) is 13.4. The number of nitrogens with one attached hydrogen (secondary N) is 2. The molecule has 0 bridgehead atoms. The number of halogens is 1. The van der Waals surface area contributed by atoms with Crippen LogP contribution in [-0.4, -0.2) is 24.5 Å². The topological polar surface area (TPSA) is 63.2 Å². The van der Waals surface area contributed by atoms with Crippen molar-refractivity contribution in [1.82, 2.24) is 4.98 Å². The van der Waals surface area contributed by atoms with Gasteiger partial charge in [0.1, 0.15) is 11.4 Å². The maximum absolute atomic E-state index is 12.1. The van der Waals surface area contributed by atoms with Gasteiger partial charge in [0.25, 0.3) is 5.91 Å². The number of pyridine rings is 1. The lowest BCUT2D eigenvalue weighted by molar-refractivity contribution is 0.102. The molecule has 0 unspecified atom stereocenters. The summed E-state index contributed by atoms with van der Waals surface area (Å²) in [5.74, 6) is 0.394. The van der Waals surface area contributed by atoms with Crippen LogP contribution in [0.1, 0.15) is 17.4 Å². The van der Waals surface area contributed by atoms with E-state index in [4.69, 9.17) is 4.74 Å². The monoisotopic (exact) mass is 349 g/mol. The molecule has 0 saturated heterocycles. The van der Waals surface area contributed by atoms with Crippen LogP contribution in [0.2, 0.25) is 0 Å². The number of nitrogens with zero attached hydrogens (tertiary/aromatic N) is 1. The molecule has 0 spiro atoms. The van der Waals surface area contributed by atoms with Gasteiger partial charge in [0.15, 0.2) is 0 Å². The summed E-state index contributed by atoms with van der Waals surface area (Å²) in [7, 11) is 1.58. The summed E-state index contributed by atoms with van der Waals surface area (Å²) in [6.45, 7) is 2.81. The van der Waals surface area contributed by atoms with Crippen molar-refractivity contribution in [1.29, 1.82) is 0 Å². The number of aromatic nitrogens is 1. The van der Waals surface area contributed by atoms with E-state index in [0.29, 0.717) is 17.1 Å². The second kappa shape index (κ2) is 7.08. The van der Waals surface area contributed by atoms with Crippen LogP contribution in [0.3, 0.4) is 0 Å². The fraction of sp³-hybridized carbons (Fsp3) is 0.200. The first kappa shape index (κ1) is 15.3. The molecule has 0 aliphatic carbocycles. The van der Waals surface area contributed by atoms with E-state index in [2.05, 4.69) is 31.5 Å². The summed E-state index contributed by atoms with van der Waals surface area (Å²) in [6, 6.07) is 8.86. The quantitative estimate of drug-likeness (QED) is 0.866. The molecule has 0 fully saturated rings. The van der Waals surface area contributed by atoms with Crippen LogP contribution in [0.4, 0.5) is 11.4 Å². The van der Waals surface area contributed by atoms with Crippen molar-refractivity contribution in [3.05, 3.63) is 46.7 Å². The summed E-state index contributed by atoms with van der Waals surface area (Å²) in [4.78, 5) is 16.3. The second-order valence-electron chi connectivity index (χ2n) is 4.27. The molecule has 1 amide bonds. The highest BCUT2D eigenvalue weighted by atomic mass is 79.9. The summed E-state index contributed by atoms with van der Waals surface area (Å²) in [5, 5.41) is 5.92. The molecule has 0 aliphatic rings. The molecule has 1 aromatic heterocycles. The Morgan fingerprint density at radius 1 is 1.29 bits per heavy atom. The lowest BCUT2D eigenvalue weighted by Gasteiger charge is -2.09. The number of rotatable bonds is 5. The third-order valence-electron chi connectivity index (χ3n) is 2.79. The first-order valence-corrected chi connectivity index (χ1v) is 7.28. The van der Waals surface area contributed by atoms with Gasteiger partial charge in [0.05, 0.1) is 23.5 Å². The van der Waals surface area contributed by atoms with E-state index in [1.807, 2.05) is 19.1 Å². The predicted molar refractivity (Wildman–Crippen MR) is 87.0 cm³/mol. The number of methoxy groups -OCH3 is 1. The van der Waals surface area contributed by atoms with Gasteiger partial charge in [-0.25, -0.2) is 4.98 Å². The lowest BCUT2D eigenvalue weighted by atomic mass is 10.2. The van der Waals surface area contributed by atoms with Gasteiger partial charge in [0, 0.05) is 18.3 Å². The molecule has 21 heavy (non-hydrogen) atoms. The Morgan fingerprint density at radius 3 is 2.67 bits per heavy atom. The van der Waals surface area contributed by atoms with E-state index in [0.717, 1.165) is 16.7 Å². The standard InChI is InChI=1S/C15H16BrN3O2/c1-3-17-11-5-7-13(18-9-11)15(20)19-10-4-6-12(16)14(8-10)21-2/h4-9,17H,3H2,1-2H3,(H,19,20). The van der Waals surface area contributed by atoms with Crippen LogP contribution < -0.4 is 15.4 Å². The van der Waals surface area contributed by atoms with Crippen molar-refractivity contribution in [2.24, 2.45) is 0 Å². The van der Waals surface area contributed by atoms with Gasteiger partial charge < -0.3 is 15.4 Å². The zero-order chi connectivity index (χ0) is 15.2. The summed E-state index contributed by atoms with van der Waals surface area (Å²) in [6.07, 6.45) is 1.64. The van der Waals surface area contributed by atoms with E-state index in [1.54, 1.807) is 31.5 Å². The number of benzene rings is 1. The Labute approximate surface area is 131 Å². The number of hydrogen-bond acceptors (Lipinski definition) is 4. The molecule has 2 rings (SSSR count). The Morgan fingerprint density at radius 2 is 2.05 bits per heavy atom. The van der Waals surface area contributed by atoms with Crippen molar-refractivity contribution in [2.75, 3.05) is 24.3 Å². The highest BCUT2D eigenvalue weighted by Gasteiger charge is 2.09. The largest absolute Gasteiger partial charge is 0.495 e. The first-order valence-electron chi connectivity index (χ1n) is 6.49. The van der Waals surface area contributed by atoms with Crippen LogP contribution in [0.25, 0.3) is 0 Å². The number of ether oxygens (including phenoxy) is 1. The maximum Gasteiger partial charge on any atom is 0.274 e. The number of amides is 1. The predicted octanol–water partition coefficient (Wildman–Crippen LogP) is 3.54. The van der Waals surface area contributed by atoms with Crippen molar-refractivity contribution in [3.63, 3.8) is 0 Å². The van der Waals surface area contributed by atoms with Crippen LogP contribution in [-0.2, 0) is 0 Å². The third-order valence-corrected chi connectivity index (χ3v) is 3.44. The second-order valence-corrected chi connectivity index (χ2v) is 5.12. The zero-order valence-electron chi connectivity index (χ0n) is 11.8. The van der Waals surface area contributed by atoms with Crippen LogP contribution in [0.15, 0.2) is 41.0 Å². The fourth-order valence-electron chi connectivity index (χ4n) is 1.77. The van der Waals surface area contributed by atoms with Gasteiger partial charge in [-0.05, 0) is 47.1 Å². The molecule has 0 saturated carbocycles. The Bertz CT molecular complexity index is 629. The van der Waals surface area contributed by atoms with Crippen LogP contribution in [0.5, 0.6) is 5.75 Å². The third kappa shape index (κ3) is 3.95. The smallest absolute Gasteiger partial charge is 0.274 e. The minimum Gasteiger partial charge on any atom is -0.495 e. The van der Waals surface area contributed by atoms with Crippen molar-refractivity contribution < 1.29 is 9.53 Å². The van der Waals surface area contributed by atoms with E-state index >= 15 is 0 Å². The molecule has 0 aliphatic heterocycles. The Kier molecular flexibility index (Phi) is 5.16. The maximum atomic E-state index is 12.1. The van der Waals surface area contributed by atoms with Gasteiger partial charge in [-0.1, -0.05) is 0 Å². The first-order chi connectivity index (χ1) is 10.1. The molecule has 2 aromatic rings. The molecule has 1 heterocycles. The number of carbonyl (C=O) groups excluding carboxylic acids is 1. The number of anilines is 2. The minimum atomic E-state index is -0.262. The normalized spacial score (nSPS) is 10.0.